The highest BCUT2D eigenvalue weighted by atomic mass is 32.1. The Hall–Kier alpha value is -2.28. The molecule has 0 spiro atoms. The van der Waals surface area contributed by atoms with Crippen LogP contribution in [0.5, 0.6) is 0 Å². The van der Waals surface area contributed by atoms with Crippen molar-refractivity contribution in [3.05, 3.63) is 40.9 Å². The molecule has 0 bridgehead atoms. The second-order valence-corrected chi connectivity index (χ2v) is 4.58. The smallest absolute Gasteiger partial charge is 0.282 e. The van der Waals surface area contributed by atoms with E-state index in [9.17, 15) is 9.59 Å². The first-order chi connectivity index (χ1) is 8.65. The fourth-order valence-electron chi connectivity index (χ4n) is 1.24. The Morgan fingerprint density at radius 3 is 2.50 bits per heavy atom. The van der Waals surface area contributed by atoms with E-state index in [2.05, 4.69) is 20.8 Å². The van der Waals surface area contributed by atoms with Crippen LogP contribution in [0.2, 0.25) is 0 Å². The van der Waals surface area contributed by atoms with Gasteiger partial charge in [-0.15, -0.1) is 10.2 Å². The number of hydrogen-bond donors (Lipinski definition) is 2. The number of aryl methyl sites for hydroxylation is 1. The van der Waals surface area contributed by atoms with E-state index in [1.165, 1.54) is 11.3 Å². The molecule has 1 heterocycles. The van der Waals surface area contributed by atoms with E-state index in [4.69, 9.17) is 0 Å². The Kier molecular flexibility index (Phi) is 3.63. The van der Waals surface area contributed by atoms with Gasteiger partial charge in [0.05, 0.1) is 0 Å². The van der Waals surface area contributed by atoms with Gasteiger partial charge in [0.2, 0.25) is 5.13 Å². The number of imide groups is 1. The number of benzene rings is 1. The number of hydrogen-bond acceptors (Lipinski definition) is 5. The zero-order chi connectivity index (χ0) is 13.0. The van der Waals surface area contributed by atoms with Crippen molar-refractivity contribution in [1.82, 2.24) is 15.5 Å². The van der Waals surface area contributed by atoms with Gasteiger partial charge in [-0.3, -0.25) is 15.4 Å². The highest BCUT2D eigenvalue weighted by Gasteiger charge is 2.11. The monoisotopic (exact) mass is 262 g/mol. The molecule has 6 nitrogen and oxygen atoms in total. The third-order valence-electron chi connectivity index (χ3n) is 2.01. The summed E-state index contributed by atoms with van der Waals surface area (Å²) in [7, 11) is 0. The molecule has 0 atom stereocenters. The van der Waals surface area contributed by atoms with E-state index < -0.39 is 11.9 Å². The van der Waals surface area contributed by atoms with Gasteiger partial charge in [0.15, 0.2) is 0 Å². The molecular formula is C11H10N4O2S. The molecule has 92 valence electrons. The molecule has 0 fully saturated rings. The molecule has 1 aromatic heterocycles. The van der Waals surface area contributed by atoms with Crippen molar-refractivity contribution < 1.29 is 9.59 Å². The van der Waals surface area contributed by atoms with Gasteiger partial charge in [0, 0.05) is 5.56 Å². The molecule has 3 amide bonds. The van der Waals surface area contributed by atoms with Crippen LogP contribution in [-0.2, 0) is 0 Å². The molecule has 0 aliphatic carbocycles. The van der Waals surface area contributed by atoms with Gasteiger partial charge < -0.3 is 0 Å². The van der Waals surface area contributed by atoms with Crippen molar-refractivity contribution in [1.29, 1.82) is 0 Å². The normalized spacial score (nSPS) is 9.83. The molecule has 0 radical (unpaired) electrons. The molecule has 7 heteroatoms. The summed E-state index contributed by atoms with van der Waals surface area (Å²) in [5, 5.41) is 13.2. The number of aromatic nitrogens is 2. The van der Waals surface area contributed by atoms with E-state index in [1.807, 2.05) is 0 Å². The molecule has 1 aromatic carbocycles. The van der Waals surface area contributed by atoms with Gasteiger partial charge >= 0.3 is 6.03 Å². The van der Waals surface area contributed by atoms with E-state index in [1.54, 1.807) is 37.3 Å². The number of amides is 3. The minimum absolute atomic E-state index is 0.353. The number of nitrogens with zero attached hydrogens (tertiary/aromatic N) is 2. The lowest BCUT2D eigenvalue weighted by molar-refractivity contribution is 0.0967. The quantitative estimate of drug-likeness (QED) is 0.864. The second kappa shape index (κ2) is 5.37. The number of nitrogens with one attached hydrogen (secondary N) is 2. The van der Waals surface area contributed by atoms with Gasteiger partial charge in [-0.1, -0.05) is 29.5 Å². The number of rotatable bonds is 2. The summed E-state index contributed by atoms with van der Waals surface area (Å²) >= 11 is 1.23. The van der Waals surface area contributed by atoms with Crippen LogP contribution in [0.3, 0.4) is 0 Å². The highest BCUT2D eigenvalue weighted by Crippen LogP contribution is 2.13. The lowest BCUT2D eigenvalue weighted by Crippen LogP contribution is -2.34. The van der Waals surface area contributed by atoms with Crippen LogP contribution in [0.25, 0.3) is 0 Å². The zero-order valence-electron chi connectivity index (χ0n) is 9.51. The van der Waals surface area contributed by atoms with Crippen molar-refractivity contribution in [3.63, 3.8) is 0 Å². The number of urea groups is 1. The average molecular weight is 262 g/mol. The molecule has 0 aliphatic heterocycles. The minimum atomic E-state index is -0.625. The fraction of sp³-hybridized carbons (Fsp3) is 0.0909. The molecule has 2 N–H and O–H groups in total. The van der Waals surface area contributed by atoms with Gasteiger partial charge in [0.1, 0.15) is 5.01 Å². The van der Waals surface area contributed by atoms with Crippen LogP contribution in [0.1, 0.15) is 15.4 Å². The first-order valence-electron chi connectivity index (χ1n) is 5.12. The van der Waals surface area contributed by atoms with Crippen LogP contribution in [0.15, 0.2) is 30.3 Å². The molecule has 0 aliphatic rings. The van der Waals surface area contributed by atoms with Crippen LogP contribution in [0.4, 0.5) is 9.93 Å². The molecule has 0 saturated carbocycles. The van der Waals surface area contributed by atoms with Gasteiger partial charge in [-0.05, 0) is 19.1 Å². The standard InChI is InChI=1S/C11H10N4O2S/c1-7-14-15-11(18-7)13-10(17)12-9(16)8-5-3-2-4-6-8/h2-6H,1H3,(H2,12,13,15,16,17). The van der Waals surface area contributed by atoms with Crippen molar-refractivity contribution in [2.75, 3.05) is 5.32 Å². The van der Waals surface area contributed by atoms with Crippen LogP contribution >= 0.6 is 11.3 Å². The Balaban J connectivity index is 1.94. The Bertz CT molecular complexity index is 567. The van der Waals surface area contributed by atoms with Crippen molar-refractivity contribution >= 4 is 28.4 Å². The Morgan fingerprint density at radius 2 is 1.89 bits per heavy atom. The van der Waals surface area contributed by atoms with Crippen LogP contribution < -0.4 is 10.6 Å². The Morgan fingerprint density at radius 1 is 1.17 bits per heavy atom. The fourth-order valence-corrected chi connectivity index (χ4v) is 1.83. The summed E-state index contributed by atoms with van der Waals surface area (Å²) in [6.07, 6.45) is 0. The molecule has 0 unspecified atom stereocenters. The number of anilines is 1. The van der Waals surface area contributed by atoms with Crippen molar-refractivity contribution in [2.45, 2.75) is 6.92 Å². The summed E-state index contributed by atoms with van der Waals surface area (Å²) in [6.45, 7) is 1.77. The minimum Gasteiger partial charge on any atom is -0.282 e. The van der Waals surface area contributed by atoms with Crippen molar-refractivity contribution in [2.24, 2.45) is 0 Å². The van der Waals surface area contributed by atoms with Gasteiger partial charge in [0.25, 0.3) is 5.91 Å². The first-order valence-corrected chi connectivity index (χ1v) is 5.94. The van der Waals surface area contributed by atoms with E-state index in [-0.39, 0.29) is 0 Å². The topological polar surface area (TPSA) is 84.0 Å². The summed E-state index contributed by atoms with van der Waals surface area (Å²) < 4.78 is 0. The third kappa shape index (κ3) is 3.11. The summed E-state index contributed by atoms with van der Waals surface area (Å²) in [5.74, 6) is -0.464. The summed E-state index contributed by atoms with van der Waals surface area (Å²) in [6, 6.07) is 7.86. The Labute approximate surface area is 107 Å². The van der Waals surface area contributed by atoms with E-state index in [0.717, 1.165) is 5.01 Å². The van der Waals surface area contributed by atoms with Crippen LogP contribution in [0, 0.1) is 6.92 Å². The van der Waals surface area contributed by atoms with Crippen LogP contribution in [-0.4, -0.2) is 22.1 Å². The largest absolute Gasteiger partial charge is 0.328 e. The van der Waals surface area contributed by atoms with E-state index >= 15 is 0 Å². The molecular weight excluding hydrogens is 252 g/mol. The second-order valence-electron chi connectivity index (χ2n) is 3.40. The average Bonchev–Trinajstić information content (AvgIpc) is 2.75. The predicted molar refractivity (Wildman–Crippen MR) is 67.6 cm³/mol. The lowest BCUT2D eigenvalue weighted by atomic mass is 10.2. The maximum absolute atomic E-state index is 11.6. The number of carbonyl (C=O) groups is 2. The van der Waals surface area contributed by atoms with Gasteiger partial charge in [-0.25, -0.2) is 4.79 Å². The predicted octanol–water partition coefficient (Wildman–Crippen LogP) is 1.81. The number of carbonyl (C=O) groups excluding carboxylic acids is 2. The molecule has 0 saturated heterocycles. The van der Waals surface area contributed by atoms with E-state index in [0.29, 0.717) is 10.7 Å². The maximum Gasteiger partial charge on any atom is 0.328 e. The molecule has 18 heavy (non-hydrogen) atoms. The zero-order valence-corrected chi connectivity index (χ0v) is 10.3. The van der Waals surface area contributed by atoms with Gasteiger partial charge in [-0.2, -0.15) is 0 Å². The van der Waals surface area contributed by atoms with Crippen molar-refractivity contribution in [3.8, 4) is 0 Å². The first kappa shape index (κ1) is 12.2. The maximum atomic E-state index is 11.6. The highest BCUT2D eigenvalue weighted by molar-refractivity contribution is 7.15. The molecule has 2 rings (SSSR count). The summed E-state index contributed by atoms with van der Waals surface area (Å²) in [5.41, 5.74) is 0.418. The summed E-state index contributed by atoms with van der Waals surface area (Å²) in [4.78, 5) is 23.1. The third-order valence-corrected chi connectivity index (χ3v) is 2.76. The lowest BCUT2D eigenvalue weighted by Gasteiger charge is -2.03. The molecule has 2 aromatic rings. The SMILES string of the molecule is Cc1nnc(NC(=O)NC(=O)c2ccccc2)s1.